The lowest BCUT2D eigenvalue weighted by Crippen LogP contribution is -2.46. The molecule has 26 heavy (non-hydrogen) atoms. The minimum atomic E-state index is -0.331. The Kier molecular flexibility index (Phi) is 5.68. The standard InChI is InChI=1S/C21H25N3O2/c1-17-7-5-11-20(18(17)2)23-15-13-22(14-16-23)12-6-9-19-8-3-4-10-21(19)24(25)26/h3-11H,12-16H2,1-2H3. The third-order valence-corrected chi connectivity index (χ3v) is 5.08. The number of nitro benzene ring substituents is 1. The molecule has 0 saturated carbocycles. The summed E-state index contributed by atoms with van der Waals surface area (Å²) in [7, 11) is 0. The SMILES string of the molecule is Cc1cccc(N2CCN(CC=Cc3ccccc3[N+](=O)[O-])CC2)c1C. The summed E-state index contributed by atoms with van der Waals surface area (Å²) >= 11 is 0. The van der Waals surface area contributed by atoms with E-state index in [1.54, 1.807) is 18.2 Å². The van der Waals surface area contributed by atoms with Crippen molar-refractivity contribution in [3.8, 4) is 0 Å². The second-order valence-corrected chi connectivity index (χ2v) is 6.72. The minimum Gasteiger partial charge on any atom is -0.369 e. The van der Waals surface area contributed by atoms with Crippen LogP contribution >= 0.6 is 0 Å². The first-order valence-electron chi connectivity index (χ1n) is 9.00. The van der Waals surface area contributed by atoms with Crippen LogP contribution in [0.4, 0.5) is 11.4 Å². The van der Waals surface area contributed by atoms with Gasteiger partial charge in [0.15, 0.2) is 0 Å². The summed E-state index contributed by atoms with van der Waals surface area (Å²) in [4.78, 5) is 15.6. The molecule has 1 saturated heterocycles. The molecule has 5 heteroatoms. The number of anilines is 1. The Balaban J connectivity index is 1.56. The van der Waals surface area contributed by atoms with Crippen LogP contribution in [-0.4, -0.2) is 42.5 Å². The van der Waals surface area contributed by atoms with Gasteiger partial charge in [-0.1, -0.05) is 36.4 Å². The molecule has 2 aromatic rings. The van der Waals surface area contributed by atoms with Crippen LogP contribution in [-0.2, 0) is 0 Å². The molecule has 0 unspecified atom stereocenters. The van der Waals surface area contributed by atoms with Crippen LogP contribution in [0, 0.1) is 24.0 Å². The number of aryl methyl sites for hydroxylation is 1. The van der Waals surface area contributed by atoms with Gasteiger partial charge in [-0.25, -0.2) is 0 Å². The Morgan fingerprint density at radius 1 is 1.04 bits per heavy atom. The number of hydrogen-bond donors (Lipinski definition) is 0. The summed E-state index contributed by atoms with van der Waals surface area (Å²) in [5.74, 6) is 0. The number of rotatable bonds is 5. The smallest absolute Gasteiger partial charge is 0.276 e. The predicted molar refractivity (Wildman–Crippen MR) is 107 cm³/mol. The van der Waals surface area contributed by atoms with E-state index < -0.39 is 0 Å². The van der Waals surface area contributed by atoms with E-state index >= 15 is 0 Å². The van der Waals surface area contributed by atoms with Gasteiger partial charge < -0.3 is 4.90 Å². The lowest BCUT2D eigenvalue weighted by atomic mass is 10.1. The predicted octanol–water partition coefficient (Wildman–Crippen LogP) is 4.05. The topological polar surface area (TPSA) is 49.6 Å². The molecule has 0 bridgehead atoms. The molecule has 0 spiro atoms. The van der Waals surface area contributed by atoms with Crippen molar-refractivity contribution in [3.05, 3.63) is 75.3 Å². The third-order valence-electron chi connectivity index (χ3n) is 5.08. The number of hydrogen-bond acceptors (Lipinski definition) is 4. The van der Waals surface area contributed by atoms with Gasteiger partial charge in [0.1, 0.15) is 0 Å². The number of piperazine rings is 1. The molecular formula is C21H25N3O2. The second kappa shape index (κ2) is 8.15. The van der Waals surface area contributed by atoms with E-state index in [9.17, 15) is 10.1 Å². The van der Waals surface area contributed by atoms with Gasteiger partial charge in [-0.3, -0.25) is 15.0 Å². The van der Waals surface area contributed by atoms with Gasteiger partial charge in [0.25, 0.3) is 5.69 Å². The van der Waals surface area contributed by atoms with E-state index in [2.05, 4.69) is 41.8 Å². The minimum absolute atomic E-state index is 0.156. The van der Waals surface area contributed by atoms with Gasteiger partial charge in [0.2, 0.25) is 0 Å². The maximum Gasteiger partial charge on any atom is 0.276 e. The van der Waals surface area contributed by atoms with Gasteiger partial charge >= 0.3 is 0 Å². The van der Waals surface area contributed by atoms with Crippen LogP contribution in [0.15, 0.2) is 48.5 Å². The lowest BCUT2D eigenvalue weighted by molar-refractivity contribution is -0.385. The third kappa shape index (κ3) is 4.11. The van der Waals surface area contributed by atoms with Gasteiger partial charge in [0, 0.05) is 44.5 Å². The molecule has 0 aliphatic carbocycles. The molecular weight excluding hydrogens is 326 g/mol. The number of para-hydroxylation sites is 1. The average Bonchev–Trinajstić information content (AvgIpc) is 2.65. The van der Waals surface area contributed by atoms with Crippen molar-refractivity contribution in [2.24, 2.45) is 0 Å². The average molecular weight is 351 g/mol. The molecule has 1 aliphatic rings. The highest BCUT2D eigenvalue weighted by molar-refractivity contribution is 5.60. The quantitative estimate of drug-likeness (QED) is 0.602. The van der Waals surface area contributed by atoms with Crippen molar-refractivity contribution in [2.45, 2.75) is 13.8 Å². The molecule has 0 N–H and O–H groups in total. The van der Waals surface area contributed by atoms with Crippen LogP contribution in [0.3, 0.4) is 0 Å². The Hall–Kier alpha value is -2.66. The number of benzene rings is 2. The highest BCUT2D eigenvalue weighted by Crippen LogP contribution is 2.24. The first-order valence-corrected chi connectivity index (χ1v) is 9.00. The zero-order chi connectivity index (χ0) is 18.5. The molecule has 1 fully saturated rings. The Morgan fingerprint density at radius 3 is 2.50 bits per heavy atom. The molecule has 0 amide bonds. The highest BCUT2D eigenvalue weighted by atomic mass is 16.6. The van der Waals surface area contributed by atoms with E-state index in [4.69, 9.17) is 0 Å². The maximum atomic E-state index is 11.1. The van der Waals surface area contributed by atoms with Crippen molar-refractivity contribution in [2.75, 3.05) is 37.6 Å². The molecule has 3 rings (SSSR count). The monoisotopic (exact) mass is 351 g/mol. The van der Waals surface area contributed by atoms with Gasteiger partial charge in [-0.2, -0.15) is 0 Å². The van der Waals surface area contributed by atoms with E-state index in [1.807, 2.05) is 18.2 Å². The first-order chi connectivity index (χ1) is 12.6. The summed E-state index contributed by atoms with van der Waals surface area (Å²) in [6, 6.07) is 13.3. The van der Waals surface area contributed by atoms with Crippen molar-refractivity contribution < 1.29 is 4.92 Å². The van der Waals surface area contributed by atoms with Crippen LogP contribution in [0.25, 0.3) is 6.08 Å². The summed E-state index contributed by atoms with van der Waals surface area (Å²) < 4.78 is 0. The molecule has 0 aromatic heterocycles. The normalized spacial score (nSPS) is 15.5. The summed E-state index contributed by atoms with van der Waals surface area (Å²) in [6.07, 6.45) is 3.88. The summed E-state index contributed by atoms with van der Waals surface area (Å²) in [6.45, 7) is 9.15. The molecule has 5 nitrogen and oxygen atoms in total. The van der Waals surface area contributed by atoms with E-state index in [-0.39, 0.29) is 10.6 Å². The van der Waals surface area contributed by atoms with Crippen LogP contribution in [0.2, 0.25) is 0 Å². The fraction of sp³-hybridized carbons (Fsp3) is 0.333. The summed E-state index contributed by atoms with van der Waals surface area (Å²) in [5, 5.41) is 11.1. The highest BCUT2D eigenvalue weighted by Gasteiger charge is 2.18. The Morgan fingerprint density at radius 2 is 1.77 bits per heavy atom. The molecule has 1 aliphatic heterocycles. The summed E-state index contributed by atoms with van der Waals surface area (Å²) in [5.41, 5.74) is 4.84. The van der Waals surface area contributed by atoms with Crippen molar-refractivity contribution in [1.29, 1.82) is 0 Å². The van der Waals surface area contributed by atoms with Crippen molar-refractivity contribution in [1.82, 2.24) is 4.90 Å². The molecule has 2 aromatic carbocycles. The largest absolute Gasteiger partial charge is 0.369 e. The lowest BCUT2D eigenvalue weighted by Gasteiger charge is -2.36. The number of nitro groups is 1. The van der Waals surface area contributed by atoms with Gasteiger partial charge in [-0.15, -0.1) is 0 Å². The zero-order valence-electron chi connectivity index (χ0n) is 15.4. The Labute approximate surface area is 154 Å². The first kappa shape index (κ1) is 18.1. The molecule has 136 valence electrons. The van der Waals surface area contributed by atoms with E-state index in [1.165, 1.54) is 16.8 Å². The fourth-order valence-corrected chi connectivity index (χ4v) is 3.37. The molecule has 1 heterocycles. The fourth-order valence-electron chi connectivity index (χ4n) is 3.37. The number of nitrogens with zero attached hydrogens (tertiary/aromatic N) is 3. The Bertz CT molecular complexity index is 809. The van der Waals surface area contributed by atoms with Crippen LogP contribution in [0.1, 0.15) is 16.7 Å². The van der Waals surface area contributed by atoms with E-state index in [0.717, 1.165) is 32.7 Å². The molecule has 0 radical (unpaired) electrons. The molecule has 0 atom stereocenters. The van der Waals surface area contributed by atoms with Crippen LogP contribution in [0.5, 0.6) is 0 Å². The van der Waals surface area contributed by atoms with Gasteiger partial charge in [0.05, 0.1) is 10.5 Å². The van der Waals surface area contributed by atoms with E-state index in [0.29, 0.717) is 5.56 Å². The van der Waals surface area contributed by atoms with Crippen molar-refractivity contribution in [3.63, 3.8) is 0 Å². The second-order valence-electron chi connectivity index (χ2n) is 6.72. The van der Waals surface area contributed by atoms with Crippen LogP contribution < -0.4 is 4.90 Å². The maximum absolute atomic E-state index is 11.1. The van der Waals surface area contributed by atoms with Crippen molar-refractivity contribution >= 4 is 17.5 Å². The van der Waals surface area contributed by atoms with Gasteiger partial charge in [-0.05, 0) is 37.1 Å². The zero-order valence-corrected chi connectivity index (χ0v) is 15.4.